The summed E-state index contributed by atoms with van der Waals surface area (Å²) < 4.78 is 5.24. The summed E-state index contributed by atoms with van der Waals surface area (Å²) in [7, 11) is 0. The van der Waals surface area contributed by atoms with Crippen LogP contribution in [0.1, 0.15) is 44.3 Å². The van der Waals surface area contributed by atoms with Crippen LogP contribution in [-0.4, -0.2) is 34.0 Å². The molecular formula is C16H21NO4. The van der Waals surface area contributed by atoms with Gasteiger partial charge >= 0.3 is 5.97 Å². The Kier molecular flexibility index (Phi) is 3.99. The van der Waals surface area contributed by atoms with E-state index in [4.69, 9.17) is 4.42 Å². The topological polar surface area (TPSA) is 70.8 Å². The molecule has 1 saturated heterocycles. The average Bonchev–Trinajstić information content (AvgIpc) is 3.11. The lowest BCUT2D eigenvalue weighted by Gasteiger charge is -2.33. The number of nitrogens with zero attached hydrogens (tertiary/aromatic N) is 1. The lowest BCUT2D eigenvalue weighted by atomic mass is 9.84. The molecule has 3 atom stereocenters. The van der Waals surface area contributed by atoms with Gasteiger partial charge < -0.3 is 14.4 Å². The molecule has 114 valence electrons. The number of likely N-dealkylation sites (tertiary alicyclic amines) is 1. The van der Waals surface area contributed by atoms with Crippen LogP contribution in [0.3, 0.4) is 0 Å². The monoisotopic (exact) mass is 291 g/mol. The van der Waals surface area contributed by atoms with Gasteiger partial charge in [-0.05, 0) is 37.3 Å². The van der Waals surface area contributed by atoms with E-state index < -0.39 is 12.0 Å². The number of carboxylic acid groups (broad SMARTS) is 1. The van der Waals surface area contributed by atoms with Crippen molar-refractivity contribution in [2.45, 2.75) is 57.0 Å². The van der Waals surface area contributed by atoms with Crippen LogP contribution in [0.2, 0.25) is 0 Å². The van der Waals surface area contributed by atoms with E-state index in [1.807, 2.05) is 6.07 Å². The van der Waals surface area contributed by atoms with Gasteiger partial charge in [0.1, 0.15) is 11.8 Å². The fraction of sp³-hybridized carbons (Fsp3) is 0.625. The molecule has 3 rings (SSSR count). The van der Waals surface area contributed by atoms with Crippen LogP contribution in [0, 0.1) is 5.92 Å². The van der Waals surface area contributed by atoms with E-state index in [-0.39, 0.29) is 11.9 Å². The second kappa shape index (κ2) is 5.92. The smallest absolute Gasteiger partial charge is 0.326 e. The highest BCUT2D eigenvalue weighted by Gasteiger charge is 2.47. The van der Waals surface area contributed by atoms with E-state index in [0.717, 1.165) is 31.4 Å². The van der Waals surface area contributed by atoms with E-state index in [9.17, 15) is 14.7 Å². The number of carboxylic acids is 1. The number of furan rings is 1. The first kappa shape index (κ1) is 14.2. The largest absolute Gasteiger partial charge is 0.480 e. The number of hydrogen-bond donors (Lipinski definition) is 1. The molecule has 1 amide bonds. The molecule has 2 heterocycles. The molecule has 2 fully saturated rings. The zero-order valence-corrected chi connectivity index (χ0v) is 12.0. The molecule has 1 aliphatic carbocycles. The Labute approximate surface area is 123 Å². The van der Waals surface area contributed by atoms with E-state index in [0.29, 0.717) is 25.2 Å². The normalized spacial score (nSPS) is 28.4. The molecule has 1 aromatic heterocycles. The molecule has 1 aliphatic heterocycles. The molecule has 2 aliphatic rings. The summed E-state index contributed by atoms with van der Waals surface area (Å²) in [5, 5.41) is 9.42. The van der Waals surface area contributed by atoms with Gasteiger partial charge in [0.25, 0.3) is 0 Å². The zero-order chi connectivity index (χ0) is 14.8. The van der Waals surface area contributed by atoms with Crippen LogP contribution >= 0.6 is 0 Å². The minimum atomic E-state index is -0.865. The standard InChI is InChI=1S/C16H21NO4/c18-15(8-7-12-5-3-9-21-12)17-13-6-2-1-4-11(13)10-14(17)16(19)20/h3,5,9,11,13-14H,1-2,4,6-8,10H2,(H,19,20)/t11-,13+,14+/m1/s1. The van der Waals surface area contributed by atoms with Gasteiger partial charge in [0.05, 0.1) is 6.26 Å². The van der Waals surface area contributed by atoms with E-state index in [1.54, 1.807) is 17.2 Å². The Morgan fingerprint density at radius 2 is 2.14 bits per heavy atom. The third-order valence-electron chi connectivity index (χ3n) is 4.83. The van der Waals surface area contributed by atoms with Gasteiger partial charge in [-0.1, -0.05) is 12.8 Å². The molecule has 0 spiro atoms. The number of aryl methyl sites for hydroxylation is 1. The van der Waals surface area contributed by atoms with Crippen molar-refractivity contribution in [2.75, 3.05) is 0 Å². The SMILES string of the molecule is O=C(O)[C@@H]1C[C@H]2CCCC[C@@H]2N1C(=O)CCc1ccco1. The minimum absolute atomic E-state index is 0.0480. The molecular weight excluding hydrogens is 270 g/mol. The molecule has 0 unspecified atom stereocenters. The number of amides is 1. The number of carbonyl (C=O) groups excluding carboxylic acids is 1. The molecule has 0 radical (unpaired) electrons. The Bertz CT molecular complexity index is 510. The highest BCUT2D eigenvalue weighted by Crippen LogP contribution is 2.40. The predicted molar refractivity (Wildman–Crippen MR) is 75.7 cm³/mol. The first-order chi connectivity index (χ1) is 10.2. The number of hydrogen-bond acceptors (Lipinski definition) is 3. The molecule has 21 heavy (non-hydrogen) atoms. The second-order valence-corrected chi connectivity index (χ2v) is 6.08. The zero-order valence-electron chi connectivity index (χ0n) is 12.0. The maximum atomic E-state index is 12.5. The van der Waals surface area contributed by atoms with Gasteiger partial charge in [0.15, 0.2) is 0 Å². The van der Waals surface area contributed by atoms with Crippen LogP contribution in [-0.2, 0) is 16.0 Å². The van der Waals surface area contributed by atoms with Gasteiger partial charge in [0.2, 0.25) is 5.91 Å². The lowest BCUT2D eigenvalue weighted by molar-refractivity contribution is -0.149. The number of fused-ring (bicyclic) bond motifs is 1. The molecule has 5 heteroatoms. The average molecular weight is 291 g/mol. The van der Waals surface area contributed by atoms with Crippen molar-refractivity contribution < 1.29 is 19.1 Å². The highest BCUT2D eigenvalue weighted by molar-refractivity contribution is 5.84. The van der Waals surface area contributed by atoms with Gasteiger partial charge in [-0.15, -0.1) is 0 Å². The molecule has 1 aromatic rings. The molecule has 5 nitrogen and oxygen atoms in total. The van der Waals surface area contributed by atoms with Crippen molar-refractivity contribution in [1.29, 1.82) is 0 Å². The lowest BCUT2D eigenvalue weighted by Crippen LogP contribution is -2.46. The maximum Gasteiger partial charge on any atom is 0.326 e. The predicted octanol–water partition coefficient (Wildman–Crippen LogP) is 2.46. The van der Waals surface area contributed by atoms with Gasteiger partial charge in [-0.2, -0.15) is 0 Å². The van der Waals surface area contributed by atoms with Crippen molar-refractivity contribution in [2.24, 2.45) is 5.92 Å². The van der Waals surface area contributed by atoms with Gasteiger partial charge in [-0.3, -0.25) is 4.79 Å². The third kappa shape index (κ3) is 2.82. The molecule has 1 N–H and O–H groups in total. The molecule has 1 saturated carbocycles. The van der Waals surface area contributed by atoms with Gasteiger partial charge in [0, 0.05) is 18.9 Å². The Morgan fingerprint density at radius 3 is 2.86 bits per heavy atom. The van der Waals surface area contributed by atoms with Crippen molar-refractivity contribution in [3.8, 4) is 0 Å². The maximum absolute atomic E-state index is 12.5. The number of aliphatic carboxylic acids is 1. The minimum Gasteiger partial charge on any atom is -0.480 e. The van der Waals surface area contributed by atoms with E-state index >= 15 is 0 Å². The van der Waals surface area contributed by atoms with Gasteiger partial charge in [-0.25, -0.2) is 4.79 Å². The quantitative estimate of drug-likeness (QED) is 0.925. The first-order valence-corrected chi connectivity index (χ1v) is 7.73. The van der Waals surface area contributed by atoms with Crippen molar-refractivity contribution in [1.82, 2.24) is 4.90 Å². The number of rotatable bonds is 4. The summed E-state index contributed by atoms with van der Waals surface area (Å²) in [6.07, 6.45) is 7.31. The van der Waals surface area contributed by atoms with Crippen molar-refractivity contribution >= 4 is 11.9 Å². The second-order valence-electron chi connectivity index (χ2n) is 6.08. The Balaban J connectivity index is 1.70. The third-order valence-corrected chi connectivity index (χ3v) is 4.83. The summed E-state index contributed by atoms with van der Waals surface area (Å²) in [6.45, 7) is 0. The Hall–Kier alpha value is -1.78. The fourth-order valence-electron chi connectivity index (χ4n) is 3.85. The highest BCUT2D eigenvalue weighted by atomic mass is 16.4. The molecule has 0 aromatic carbocycles. The summed E-state index contributed by atoms with van der Waals surface area (Å²) in [4.78, 5) is 25.7. The molecule has 0 bridgehead atoms. The van der Waals surface area contributed by atoms with Crippen LogP contribution < -0.4 is 0 Å². The first-order valence-electron chi connectivity index (χ1n) is 7.73. The van der Waals surface area contributed by atoms with Crippen LogP contribution in [0.5, 0.6) is 0 Å². The summed E-state index contributed by atoms with van der Waals surface area (Å²) >= 11 is 0. The Morgan fingerprint density at radius 1 is 1.33 bits per heavy atom. The van der Waals surface area contributed by atoms with Crippen LogP contribution in [0.15, 0.2) is 22.8 Å². The van der Waals surface area contributed by atoms with Crippen LogP contribution in [0.4, 0.5) is 0 Å². The van der Waals surface area contributed by atoms with Crippen molar-refractivity contribution in [3.05, 3.63) is 24.2 Å². The van der Waals surface area contributed by atoms with Crippen LogP contribution in [0.25, 0.3) is 0 Å². The summed E-state index contributed by atoms with van der Waals surface area (Å²) in [5.74, 6) is 0.228. The number of carbonyl (C=O) groups is 2. The van der Waals surface area contributed by atoms with E-state index in [1.165, 1.54) is 0 Å². The van der Waals surface area contributed by atoms with E-state index in [2.05, 4.69) is 0 Å². The summed E-state index contributed by atoms with van der Waals surface area (Å²) in [5.41, 5.74) is 0. The fourth-order valence-corrected chi connectivity index (χ4v) is 3.85. The van der Waals surface area contributed by atoms with Crippen molar-refractivity contribution in [3.63, 3.8) is 0 Å². The summed E-state index contributed by atoms with van der Waals surface area (Å²) in [6, 6.07) is 3.13.